The maximum Gasteiger partial charge on any atom is 0.276 e. The summed E-state index contributed by atoms with van der Waals surface area (Å²) in [5.74, 6) is -0.0192. The summed E-state index contributed by atoms with van der Waals surface area (Å²) < 4.78 is 2.22. The summed E-state index contributed by atoms with van der Waals surface area (Å²) in [5, 5.41) is 5.85. The molecule has 31 heavy (non-hydrogen) atoms. The normalized spacial score (nSPS) is 11.1. The lowest BCUT2D eigenvalue weighted by molar-refractivity contribution is -0.118. The van der Waals surface area contributed by atoms with E-state index in [1.165, 1.54) is 23.1 Å². The zero-order chi connectivity index (χ0) is 22.0. The number of hydrogen-bond donors (Lipinski definition) is 1. The van der Waals surface area contributed by atoms with Gasteiger partial charge in [0, 0.05) is 11.6 Å². The van der Waals surface area contributed by atoms with Gasteiger partial charge in [-0.3, -0.25) is 14.2 Å². The second-order valence-electron chi connectivity index (χ2n) is 7.05. The van der Waals surface area contributed by atoms with E-state index in [4.69, 9.17) is 11.6 Å². The van der Waals surface area contributed by atoms with E-state index in [2.05, 4.69) is 10.3 Å². The van der Waals surface area contributed by atoms with Crippen LogP contribution in [-0.2, 0) is 11.3 Å². The second-order valence-corrected chi connectivity index (χ2v) is 9.31. The molecular formula is C23H20ClN3O2S2. The van der Waals surface area contributed by atoms with Crippen molar-refractivity contribution in [2.24, 2.45) is 0 Å². The van der Waals surface area contributed by atoms with E-state index in [0.29, 0.717) is 26.9 Å². The van der Waals surface area contributed by atoms with Crippen LogP contribution in [0.1, 0.15) is 16.7 Å². The summed E-state index contributed by atoms with van der Waals surface area (Å²) >= 11 is 8.78. The Hall–Kier alpha value is -2.61. The first-order valence-electron chi connectivity index (χ1n) is 9.65. The summed E-state index contributed by atoms with van der Waals surface area (Å²) in [6, 6.07) is 15.1. The molecule has 0 saturated heterocycles. The van der Waals surface area contributed by atoms with E-state index in [-0.39, 0.29) is 17.2 Å². The number of nitrogens with zero attached hydrogens (tertiary/aromatic N) is 2. The van der Waals surface area contributed by atoms with Gasteiger partial charge >= 0.3 is 0 Å². The molecule has 0 aliphatic rings. The molecule has 0 saturated carbocycles. The Morgan fingerprint density at radius 1 is 1.16 bits per heavy atom. The van der Waals surface area contributed by atoms with Crippen LogP contribution in [0, 0.1) is 13.8 Å². The van der Waals surface area contributed by atoms with Crippen LogP contribution < -0.4 is 10.9 Å². The van der Waals surface area contributed by atoms with E-state index in [1.54, 1.807) is 10.6 Å². The number of benzene rings is 2. The van der Waals surface area contributed by atoms with Crippen LogP contribution in [0.25, 0.3) is 15.9 Å². The number of fused-ring (bicyclic) bond motifs is 1. The third-order valence-electron chi connectivity index (χ3n) is 5.03. The summed E-state index contributed by atoms with van der Waals surface area (Å²) in [4.78, 5) is 30.4. The van der Waals surface area contributed by atoms with Gasteiger partial charge in [0.05, 0.1) is 17.0 Å². The zero-order valence-electron chi connectivity index (χ0n) is 17.0. The molecule has 2 aromatic carbocycles. The first kappa shape index (κ1) is 21.6. The molecule has 5 nitrogen and oxygen atoms in total. The lowest BCUT2D eigenvalue weighted by Gasteiger charge is -2.15. The summed E-state index contributed by atoms with van der Waals surface area (Å²) in [7, 11) is 0. The van der Waals surface area contributed by atoms with Crippen molar-refractivity contribution in [1.82, 2.24) is 14.9 Å². The number of nitrogens with one attached hydrogen (secondary N) is 1. The van der Waals surface area contributed by atoms with Crippen molar-refractivity contribution in [2.75, 3.05) is 5.75 Å². The molecule has 0 bridgehead atoms. The van der Waals surface area contributed by atoms with Gasteiger partial charge in [0.1, 0.15) is 4.70 Å². The van der Waals surface area contributed by atoms with Gasteiger partial charge in [0.25, 0.3) is 5.56 Å². The van der Waals surface area contributed by atoms with Crippen LogP contribution in [-0.4, -0.2) is 21.2 Å². The molecule has 2 heterocycles. The minimum atomic E-state index is -0.155. The fraction of sp³-hybridized carbons (Fsp3) is 0.174. The summed E-state index contributed by atoms with van der Waals surface area (Å²) in [6.45, 7) is 4.34. The Balaban J connectivity index is 1.61. The molecule has 4 aromatic rings. The van der Waals surface area contributed by atoms with E-state index >= 15 is 0 Å². The smallest absolute Gasteiger partial charge is 0.276 e. The van der Waals surface area contributed by atoms with Crippen LogP contribution in [0.5, 0.6) is 0 Å². The quantitative estimate of drug-likeness (QED) is 0.314. The van der Waals surface area contributed by atoms with Gasteiger partial charge in [0.2, 0.25) is 5.91 Å². The van der Waals surface area contributed by atoms with E-state index in [1.807, 2.05) is 61.7 Å². The monoisotopic (exact) mass is 469 g/mol. The molecule has 158 valence electrons. The lowest BCUT2D eigenvalue weighted by atomic mass is 10.1. The minimum absolute atomic E-state index is 0.118. The van der Waals surface area contributed by atoms with Crippen molar-refractivity contribution in [3.63, 3.8) is 0 Å². The van der Waals surface area contributed by atoms with E-state index in [0.717, 1.165) is 22.4 Å². The van der Waals surface area contributed by atoms with Crippen LogP contribution >= 0.6 is 34.7 Å². The SMILES string of the molecule is Cc1cccc(-n2c(SCC(=O)NCc3ccccc3Cl)nc3ccsc3c2=O)c1C. The minimum Gasteiger partial charge on any atom is -0.351 e. The standard InChI is InChI=1S/C23H20ClN3O2S2/c1-14-6-5-9-19(15(14)2)27-22(29)21-18(10-11-30-21)26-23(27)31-13-20(28)25-12-16-7-3-4-8-17(16)24/h3-11H,12-13H2,1-2H3,(H,25,28). The molecule has 0 aliphatic carbocycles. The fourth-order valence-corrected chi connectivity index (χ4v) is 4.99. The number of aryl methyl sites for hydroxylation is 1. The molecule has 4 rings (SSSR count). The predicted octanol–water partition coefficient (Wildman–Crippen LogP) is 5.13. The number of thioether (sulfide) groups is 1. The lowest BCUT2D eigenvalue weighted by Crippen LogP contribution is -2.26. The molecule has 0 fully saturated rings. The molecule has 2 aromatic heterocycles. The zero-order valence-corrected chi connectivity index (χ0v) is 19.4. The van der Waals surface area contributed by atoms with Gasteiger partial charge in [-0.05, 0) is 54.1 Å². The average Bonchev–Trinajstić information content (AvgIpc) is 3.23. The molecule has 1 N–H and O–H groups in total. The average molecular weight is 470 g/mol. The van der Waals surface area contributed by atoms with Gasteiger partial charge in [-0.1, -0.05) is 53.7 Å². The highest BCUT2D eigenvalue weighted by Gasteiger charge is 2.17. The largest absolute Gasteiger partial charge is 0.351 e. The van der Waals surface area contributed by atoms with Crippen molar-refractivity contribution in [2.45, 2.75) is 25.5 Å². The fourth-order valence-electron chi connectivity index (χ4n) is 3.20. The molecule has 0 unspecified atom stereocenters. The number of aromatic nitrogens is 2. The predicted molar refractivity (Wildman–Crippen MR) is 129 cm³/mol. The Kier molecular flexibility index (Phi) is 6.46. The Morgan fingerprint density at radius 3 is 2.77 bits per heavy atom. The molecule has 0 aliphatic heterocycles. The van der Waals surface area contributed by atoms with Gasteiger partial charge in [-0.15, -0.1) is 11.3 Å². The van der Waals surface area contributed by atoms with Crippen molar-refractivity contribution < 1.29 is 4.79 Å². The number of carbonyl (C=O) groups excluding carboxylic acids is 1. The number of rotatable bonds is 6. The number of carbonyl (C=O) groups is 1. The number of halogens is 1. The first-order chi connectivity index (χ1) is 15.0. The Bertz CT molecular complexity index is 1330. The van der Waals surface area contributed by atoms with Crippen molar-refractivity contribution >= 4 is 50.8 Å². The second kappa shape index (κ2) is 9.26. The molecular weight excluding hydrogens is 450 g/mol. The molecule has 0 atom stereocenters. The van der Waals surface area contributed by atoms with Crippen LogP contribution in [0.2, 0.25) is 5.02 Å². The number of hydrogen-bond acceptors (Lipinski definition) is 5. The number of amides is 1. The van der Waals surface area contributed by atoms with Crippen molar-refractivity contribution in [3.8, 4) is 5.69 Å². The van der Waals surface area contributed by atoms with E-state index in [9.17, 15) is 9.59 Å². The maximum absolute atomic E-state index is 13.3. The summed E-state index contributed by atoms with van der Waals surface area (Å²) in [5.41, 5.74) is 4.26. The van der Waals surface area contributed by atoms with Crippen molar-refractivity contribution in [1.29, 1.82) is 0 Å². The first-order valence-corrected chi connectivity index (χ1v) is 11.9. The Morgan fingerprint density at radius 2 is 1.97 bits per heavy atom. The van der Waals surface area contributed by atoms with Gasteiger partial charge in [-0.2, -0.15) is 0 Å². The van der Waals surface area contributed by atoms with Crippen LogP contribution in [0.15, 0.2) is 63.9 Å². The topological polar surface area (TPSA) is 64.0 Å². The van der Waals surface area contributed by atoms with Gasteiger partial charge in [0.15, 0.2) is 5.16 Å². The van der Waals surface area contributed by atoms with Crippen molar-refractivity contribution in [3.05, 3.63) is 86.0 Å². The maximum atomic E-state index is 13.3. The molecule has 8 heteroatoms. The third-order valence-corrected chi connectivity index (χ3v) is 7.23. The highest BCUT2D eigenvalue weighted by Crippen LogP contribution is 2.26. The number of thiophene rings is 1. The highest BCUT2D eigenvalue weighted by molar-refractivity contribution is 7.99. The summed E-state index contributed by atoms with van der Waals surface area (Å²) in [6.07, 6.45) is 0. The van der Waals surface area contributed by atoms with Gasteiger partial charge < -0.3 is 5.32 Å². The van der Waals surface area contributed by atoms with Gasteiger partial charge in [-0.25, -0.2) is 4.98 Å². The molecule has 1 amide bonds. The Labute approximate surface area is 193 Å². The highest BCUT2D eigenvalue weighted by atomic mass is 35.5. The molecule has 0 radical (unpaired) electrons. The van der Waals surface area contributed by atoms with Crippen LogP contribution in [0.3, 0.4) is 0 Å². The van der Waals surface area contributed by atoms with E-state index < -0.39 is 0 Å². The molecule has 0 spiro atoms. The third kappa shape index (κ3) is 4.54. The van der Waals surface area contributed by atoms with Crippen LogP contribution in [0.4, 0.5) is 0 Å².